The minimum Gasteiger partial charge on any atom is -0.378 e. The van der Waals surface area contributed by atoms with Crippen molar-refractivity contribution in [3.8, 4) is 0 Å². The molecule has 0 aliphatic rings. The van der Waals surface area contributed by atoms with Crippen LogP contribution in [0, 0.1) is 6.92 Å². The highest BCUT2D eigenvalue weighted by Crippen LogP contribution is 2.29. The third-order valence-electron chi connectivity index (χ3n) is 2.83. The van der Waals surface area contributed by atoms with Gasteiger partial charge in [0.2, 0.25) is 0 Å². The van der Waals surface area contributed by atoms with Crippen LogP contribution in [0.1, 0.15) is 24.1 Å². The van der Waals surface area contributed by atoms with Gasteiger partial charge in [0.1, 0.15) is 0 Å². The molecule has 1 N–H and O–H groups in total. The fourth-order valence-electron chi connectivity index (χ4n) is 1.92. The first kappa shape index (κ1) is 13.6. The van der Waals surface area contributed by atoms with Crippen molar-refractivity contribution in [2.75, 3.05) is 5.32 Å². The molecule has 2 aromatic carbocycles. The van der Waals surface area contributed by atoms with Crippen molar-refractivity contribution >= 4 is 37.5 Å². The van der Waals surface area contributed by atoms with Crippen LogP contribution in [-0.2, 0) is 0 Å². The predicted octanol–water partition coefficient (Wildman–Crippen LogP) is 5.69. The van der Waals surface area contributed by atoms with Crippen molar-refractivity contribution in [1.29, 1.82) is 0 Å². The van der Waals surface area contributed by atoms with Crippen molar-refractivity contribution in [3.05, 3.63) is 62.5 Å². The van der Waals surface area contributed by atoms with Gasteiger partial charge in [0.25, 0.3) is 0 Å². The highest BCUT2D eigenvalue weighted by Gasteiger charge is 2.09. The molecule has 1 unspecified atom stereocenters. The quantitative estimate of drug-likeness (QED) is 0.733. The second kappa shape index (κ2) is 5.89. The summed E-state index contributed by atoms with van der Waals surface area (Å²) in [5.74, 6) is 0. The summed E-state index contributed by atoms with van der Waals surface area (Å²) in [6, 6.07) is 14.9. The Morgan fingerprint density at radius 3 is 2.50 bits per heavy atom. The van der Waals surface area contributed by atoms with Crippen LogP contribution in [0.15, 0.2) is 51.4 Å². The molecule has 1 nitrogen and oxygen atoms in total. The molecule has 2 aromatic rings. The van der Waals surface area contributed by atoms with Gasteiger partial charge in [0, 0.05) is 20.7 Å². The van der Waals surface area contributed by atoms with E-state index in [4.69, 9.17) is 0 Å². The predicted molar refractivity (Wildman–Crippen MR) is 85.1 cm³/mol. The average Bonchev–Trinajstić information content (AvgIpc) is 2.28. The van der Waals surface area contributed by atoms with Crippen LogP contribution in [0.25, 0.3) is 0 Å². The lowest BCUT2D eigenvalue weighted by Crippen LogP contribution is -2.07. The second-order valence-corrected chi connectivity index (χ2v) is 6.17. The molecule has 0 aliphatic heterocycles. The molecule has 2 rings (SSSR count). The first-order valence-corrected chi connectivity index (χ1v) is 7.43. The molecule has 1 atom stereocenters. The van der Waals surface area contributed by atoms with E-state index in [0.29, 0.717) is 0 Å². The van der Waals surface area contributed by atoms with Crippen molar-refractivity contribution < 1.29 is 0 Å². The minimum atomic E-state index is 0.259. The first-order chi connectivity index (χ1) is 8.56. The van der Waals surface area contributed by atoms with E-state index in [-0.39, 0.29) is 6.04 Å². The number of halogens is 2. The van der Waals surface area contributed by atoms with E-state index in [1.54, 1.807) is 0 Å². The number of benzene rings is 2. The average molecular weight is 369 g/mol. The summed E-state index contributed by atoms with van der Waals surface area (Å²) in [5.41, 5.74) is 3.67. The lowest BCUT2D eigenvalue weighted by molar-refractivity contribution is 0.878. The fraction of sp³-hybridized carbons (Fsp3) is 0.200. The summed E-state index contributed by atoms with van der Waals surface area (Å²) >= 11 is 7.08. The molecule has 0 bridgehead atoms. The Bertz CT molecular complexity index is 552. The van der Waals surface area contributed by atoms with Crippen LogP contribution in [0.5, 0.6) is 0 Å². The summed E-state index contributed by atoms with van der Waals surface area (Å²) in [6.07, 6.45) is 0. The van der Waals surface area contributed by atoms with Crippen molar-refractivity contribution in [1.82, 2.24) is 0 Å². The van der Waals surface area contributed by atoms with E-state index in [9.17, 15) is 0 Å². The Morgan fingerprint density at radius 1 is 1.06 bits per heavy atom. The molecule has 0 heterocycles. The van der Waals surface area contributed by atoms with E-state index < -0.39 is 0 Å². The number of anilines is 1. The molecule has 0 radical (unpaired) electrons. The lowest BCUT2D eigenvalue weighted by atomic mass is 10.1. The van der Waals surface area contributed by atoms with Crippen LogP contribution in [0.2, 0.25) is 0 Å². The Kier molecular flexibility index (Phi) is 4.46. The van der Waals surface area contributed by atoms with Crippen molar-refractivity contribution in [3.63, 3.8) is 0 Å². The topological polar surface area (TPSA) is 12.0 Å². The van der Waals surface area contributed by atoms with Crippen LogP contribution < -0.4 is 5.32 Å². The van der Waals surface area contributed by atoms with Gasteiger partial charge in [-0.3, -0.25) is 0 Å². The van der Waals surface area contributed by atoms with Crippen LogP contribution >= 0.6 is 31.9 Å². The monoisotopic (exact) mass is 367 g/mol. The number of rotatable bonds is 3. The molecule has 0 fully saturated rings. The molecule has 0 aromatic heterocycles. The maximum Gasteiger partial charge on any atom is 0.0496 e. The molecular formula is C15H15Br2N. The first-order valence-electron chi connectivity index (χ1n) is 5.84. The number of hydrogen-bond acceptors (Lipinski definition) is 1. The van der Waals surface area contributed by atoms with Gasteiger partial charge < -0.3 is 5.32 Å². The Labute approximate surface area is 125 Å². The molecule has 94 valence electrons. The van der Waals surface area contributed by atoms with Gasteiger partial charge in [-0.2, -0.15) is 0 Å². The molecule has 3 heteroatoms. The van der Waals surface area contributed by atoms with Gasteiger partial charge in [0.15, 0.2) is 0 Å². The maximum absolute atomic E-state index is 3.61. The zero-order chi connectivity index (χ0) is 13.1. The number of hydrogen-bond donors (Lipinski definition) is 1. The molecule has 0 aliphatic carbocycles. The summed E-state index contributed by atoms with van der Waals surface area (Å²) < 4.78 is 2.20. The number of nitrogens with one attached hydrogen (secondary N) is 1. The van der Waals surface area contributed by atoms with Gasteiger partial charge in [-0.15, -0.1) is 0 Å². The van der Waals surface area contributed by atoms with Crippen LogP contribution in [0.4, 0.5) is 5.69 Å². The molecule has 0 saturated heterocycles. The molecule has 0 saturated carbocycles. The lowest BCUT2D eigenvalue weighted by Gasteiger charge is -2.17. The third-order valence-corrected chi connectivity index (χ3v) is 4.01. The highest BCUT2D eigenvalue weighted by molar-refractivity contribution is 9.11. The molecule has 18 heavy (non-hydrogen) atoms. The van der Waals surface area contributed by atoms with Gasteiger partial charge in [-0.1, -0.05) is 50.1 Å². The zero-order valence-corrected chi connectivity index (χ0v) is 13.5. The summed E-state index contributed by atoms with van der Waals surface area (Å²) in [7, 11) is 0. The zero-order valence-electron chi connectivity index (χ0n) is 10.4. The second-order valence-electron chi connectivity index (χ2n) is 4.40. The summed E-state index contributed by atoms with van der Waals surface area (Å²) in [4.78, 5) is 0. The summed E-state index contributed by atoms with van der Waals surface area (Å²) in [5, 5.41) is 3.51. The van der Waals surface area contributed by atoms with Gasteiger partial charge >= 0.3 is 0 Å². The fourth-order valence-corrected chi connectivity index (χ4v) is 3.31. The van der Waals surface area contributed by atoms with Crippen molar-refractivity contribution in [2.45, 2.75) is 19.9 Å². The number of aryl methyl sites for hydroxylation is 1. The van der Waals surface area contributed by atoms with E-state index in [1.807, 2.05) is 0 Å². The minimum absolute atomic E-state index is 0.259. The SMILES string of the molecule is Cc1cccc(NC(C)c2ccc(Br)cc2Br)c1. The van der Waals surface area contributed by atoms with Gasteiger partial charge in [0.05, 0.1) is 0 Å². The molecular weight excluding hydrogens is 354 g/mol. The van der Waals surface area contributed by atoms with Crippen LogP contribution in [-0.4, -0.2) is 0 Å². The smallest absolute Gasteiger partial charge is 0.0496 e. The normalized spacial score (nSPS) is 12.2. The van der Waals surface area contributed by atoms with E-state index in [2.05, 4.69) is 93.5 Å². The van der Waals surface area contributed by atoms with E-state index in [1.165, 1.54) is 11.1 Å². The molecule has 0 amide bonds. The summed E-state index contributed by atoms with van der Waals surface area (Å²) in [6.45, 7) is 4.27. The van der Waals surface area contributed by atoms with Crippen molar-refractivity contribution in [2.24, 2.45) is 0 Å². The third kappa shape index (κ3) is 3.36. The van der Waals surface area contributed by atoms with Crippen LogP contribution in [0.3, 0.4) is 0 Å². The maximum atomic E-state index is 3.61. The van der Waals surface area contributed by atoms with Gasteiger partial charge in [-0.25, -0.2) is 0 Å². The van der Waals surface area contributed by atoms with E-state index >= 15 is 0 Å². The Hall–Kier alpha value is -0.800. The van der Waals surface area contributed by atoms with E-state index in [0.717, 1.165) is 14.6 Å². The van der Waals surface area contributed by atoms with Gasteiger partial charge in [-0.05, 0) is 49.2 Å². The largest absolute Gasteiger partial charge is 0.378 e. The molecule has 0 spiro atoms. The highest BCUT2D eigenvalue weighted by atomic mass is 79.9. The Morgan fingerprint density at radius 2 is 1.83 bits per heavy atom. The standard InChI is InChI=1S/C15H15Br2N/c1-10-4-3-5-13(8-10)18-11(2)14-7-6-12(16)9-15(14)17/h3-9,11,18H,1-2H3. The Balaban J connectivity index is 2.19.